The molecule has 2 aromatic rings. The molecule has 0 bridgehead atoms. The Morgan fingerprint density at radius 2 is 1.37 bits per heavy atom. The molecule has 1 aliphatic rings. The van der Waals surface area contributed by atoms with Gasteiger partial charge in [0.15, 0.2) is 24.5 Å². The van der Waals surface area contributed by atoms with E-state index in [1.54, 1.807) is 53.8 Å². The third kappa shape index (κ3) is 11.8. The lowest BCUT2D eigenvalue weighted by atomic mass is 10.1. The molecule has 3 rings (SSSR count). The standard InChI is InChI=1S/C29H30F6N2O9/c30-28(31,32)23(46-21-13-7-8-14-42-21)22(37-27(41)45-16-19-11-5-2-6-12-19)25(39)44-17-20(36-26(40)29(33,34)35)24(38)43-15-18-9-3-1-4-10-18/h1-6,9-12,20-23H,7-8,13-17H2,(H,36,40)(H,37,41)/t20-,21?,22?,23?/m0/s1. The first-order valence-electron chi connectivity index (χ1n) is 13.8. The Bertz CT molecular complexity index is 1290. The molecule has 11 nitrogen and oxygen atoms in total. The summed E-state index contributed by atoms with van der Waals surface area (Å²) in [5.74, 6) is -5.99. The molecule has 2 N–H and O–H groups in total. The fourth-order valence-corrected chi connectivity index (χ4v) is 3.97. The van der Waals surface area contributed by atoms with E-state index in [0.717, 1.165) is 0 Å². The number of halogens is 6. The van der Waals surface area contributed by atoms with E-state index in [0.29, 0.717) is 24.0 Å². The summed E-state index contributed by atoms with van der Waals surface area (Å²) in [4.78, 5) is 49.8. The molecule has 0 radical (unpaired) electrons. The van der Waals surface area contributed by atoms with Gasteiger partial charge in [0, 0.05) is 6.61 Å². The van der Waals surface area contributed by atoms with Crippen LogP contribution in [0.15, 0.2) is 60.7 Å². The summed E-state index contributed by atoms with van der Waals surface area (Å²) in [7, 11) is 0. The number of rotatable bonds is 13. The summed E-state index contributed by atoms with van der Waals surface area (Å²) in [6.45, 7) is -2.22. The normalized spacial score (nSPS) is 17.1. The van der Waals surface area contributed by atoms with Gasteiger partial charge in [-0.25, -0.2) is 14.4 Å². The summed E-state index contributed by atoms with van der Waals surface area (Å²) in [5.41, 5.74) is 0.857. The molecular weight excluding hydrogens is 634 g/mol. The van der Waals surface area contributed by atoms with Gasteiger partial charge in [-0.15, -0.1) is 0 Å². The summed E-state index contributed by atoms with van der Waals surface area (Å²) < 4.78 is 106. The minimum Gasteiger partial charge on any atom is -0.461 e. The number of amides is 2. The van der Waals surface area contributed by atoms with Crippen molar-refractivity contribution in [3.63, 3.8) is 0 Å². The van der Waals surface area contributed by atoms with Gasteiger partial charge < -0.3 is 34.3 Å². The largest absolute Gasteiger partial charge is 0.471 e. The molecule has 0 aliphatic carbocycles. The predicted molar refractivity (Wildman–Crippen MR) is 143 cm³/mol. The Morgan fingerprint density at radius 1 is 0.783 bits per heavy atom. The number of carbonyl (C=O) groups is 4. The zero-order chi connectivity index (χ0) is 33.7. The average molecular weight is 665 g/mol. The Kier molecular flexibility index (Phi) is 13.2. The van der Waals surface area contributed by atoms with Gasteiger partial charge in [-0.05, 0) is 30.4 Å². The maximum Gasteiger partial charge on any atom is 0.471 e. The molecule has 0 spiro atoms. The zero-order valence-corrected chi connectivity index (χ0v) is 24.0. The molecule has 4 atom stereocenters. The van der Waals surface area contributed by atoms with Crippen molar-refractivity contribution in [2.45, 2.75) is 69.3 Å². The lowest BCUT2D eigenvalue weighted by Gasteiger charge is -2.32. The van der Waals surface area contributed by atoms with Crippen LogP contribution in [0.3, 0.4) is 0 Å². The fraction of sp³-hybridized carbons (Fsp3) is 0.448. The topological polar surface area (TPSA) is 138 Å². The van der Waals surface area contributed by atoms with Crippen LogP contribution in [0, 0.1) is 0 Å². The molecule has 0 saturated carbocycles. The Labute approximate surface area is 258 Å². The number of esters is 2. The van der Waals surface area contributed by atoms with E-state index < -0.39 is 80.6 Å². The molecule has 0 aromatic heterocycles. The number of benzene rings is 2. The van der Waals surface area contributed by atoms with Crippen LogP contribution < -0.4 is 10.6 Å². The van der Waals surface area contributed by atoms with Crippen molar-refractivity contribution < 1.29 is 69.2 Å². The molecule has 1 heterocycles. The highest BCUT2D eigenvalue weighted by atomic mass is 19.4. The lowest BCUT2D eigenvalue weighted by Crippen LogP contribution is -2.58. The lowest BCUT2D eigenvalue weighted by molar-refractivity contribution is -0.284. The predicted octanol–water partition coefficient (Wildman–Crippen LogP) is 4.09. The minimum absolute atomic E-state index is 0.0194. The van der Waals surface area contributed by atoms with Gasteiger partial charge in [-0.1, -0.05) is 60.7 Å². The molecule has 1 fully saturated rings. The first kappa shape index (κ1) is 36.1. The average Bonchev–Trinajstić information content (AvgIpc) is 3.02. The second-order valence-corrected chi connectivity index (χ2v) is 9.83. The number of alkyl carbamates (subject to hydrolysis) is 1. The molecule has 46 heavy (non-hydrogen) atoms. The molecular formula is C29H30F6N2O9. The Hall–Kier alpha value is -4.38. The van der Waals surface area contributed by atoms with E-state index in [1.165, 1.54) is 17.4 Å². The Morgan fingerprint density at radius 3 is 1.89 bits per heavy atom. The first-order valence-corrected chi connectivity index (χ1v) is 13.8. The smallest absolute Gasteiger partial charge is 0.461 e. The van der Waals surface area contributed by atoms with Gasteiger partial charge in [0.2, 0.25) is 0 Å². The van der Waals surface area contributed by atoms with E-state index in [1.807, 2.05) is 0 Å². The van der Waals surface area contributed by atoms with Crippen molar-refractivity contribution in [1.29, 1.82) is 0 Å². The molecule has 17 heteroatoms. The van der Waals surface area contributed by atoms with Crippen molar-refractivity contribution in [1.82, 2.24) is 10.6 Å². The minimum atomic E-state index is -5.48. The van der Waals surface area contributed by atoms with E-state index >= 15 is 0 Å². The van der Waals surface area contributed by atoms with Crippen LogP contribution in [0.5, 0.6) is 0 Å². The van der Waals surface area contributed by atoms with Gasteiger partial charge in [-0.3, -0.25) is 4.79 Å². The second-order valence-electron chi connectivity index (χ2n) is 9.83. The van der Waals surface area contributed by atoms with Crippen molar-refractivity contribution in [3.8, 4) is 0 Å². The summed E-state index contributed by atoms with van der Waals surface area (Å²) in [6.07, 6.45) is -15.8. The summed E-state index contributed by atoms with van der Waals surface area (Å²) in [6, 6.07) is 10.8. The third-order valence-electron chi connectivity index (χ3n) is 6.27. The quantitative estimate of drug-likeness (QED) is 0.184. The van der Waals surface area contributed by atoms with E-state index in [2.05, 4.69) is 0 Å². The van der Waals surface area contributed by atoms with Crippen molar-refractivity contribution in [2.24, 2.45) is 0 Å². The molecule has 3 unspecified atom stereocenters. The van der Waals surface area contributed by atoms with Crippen molar-refractivity contribution in [3.05, 3.63) is 71.8 Å². The Balaban J connectivity index is 1.79. The highest BCUT2D eigenvalue weighted by Crippen LogP contribution is 2.30. The molecule has 2 amide bonds. The fourth-order valence-electron chi connectivity index (χ4n) is 3.97. The van der Waals surface area contributed by atoms with Gasteiger partial charge in [0.05, 0.1) is 0 Å². The molecule has 1 aliphatic heterocycles. The first-order chi connectivity index (χ1) is 21.7. The van der Waals surface area contributed by atoms with Gasteiger partial charge in [-0.2, -0.15) is 26.3 Å². The second kappa shape index (κ2) is 16.8. The number of nitrogens with one attached hydrogen (secondary N) is 2. The number of hydrogen-bond acceptors (Lipinski definition) is 9. The summed E-state index contributed by atoms with van der Waals surface area (Å²) in [5, 5.41) is 3.02. The van der Waals surface area contributed by atoms with Gasteiger partial charge in [0.25, 0.3) is 0 Å². The van der Waals surface area contributed by atoms with Crippen LogP contribution >= 0.6 is 0 Å². The van der Waals surface area contributed by atoms with Crippen LogP contribution in [0.25, 0.3) is 0 Å². The van der Waals surface area contributed by atoms with Crippen LogP contribution in [0.4, 0.5) is 31.1 Å². The van der Waals surface area contributed by atoms with Gasteiger partial charge in [0.1, 0.15) is 19.8 Å². The number of carbonyl (C=O) groups excluding carboxylic acids is 4. The zero-order valence-electron chi connectivity index (χ0n) is 24.0. The van der Waals surface area contributed by atoms with E-state index in [9.17, 15) is 45.5 Å². The van der Waals surface area contributed by atoms with Crippen LogP contribution in [-0.4, -0.2) is 74.0 Å². The third-order valence-corrected chi connectivity index (χ3v) is 6.27. The van der Waals surface area contributed by atoms with Crippen LogP contribution in [0.2, 0.25) is 0 Å². The van der Waals surface area contributed by atoms with E-state index in [-0.39, 0.29) is 13.0 Å². The van der Waals surface area contributed by atoms with Gasteiger partial charge >= 0.3 is 36.3 Å². The summed E-state index contributed by atoms with van der Waals surface area (Å²) >= 11 is 0. The maximum atomic E-state index is 14.2. The van der Waals surface area contributed by atoms with Crippen LogP contribution in [0.1, 0.15) is 30.4 Å². The number of ether oxygens (including phenoxy) is 5. The SMILES string of the molecule is O=C(NC(C(=O)OC[C@H](NC(=O)C(F)(F)F)C(=O)OCc1ccccc1)C(OC1CCCCO1)C(F)(F)F)OCc1ccccc1. The van der Waals surface area contributed by atoms with Crippen molar-refractivity contribution in [2.75, 3.05) is 13.2 Å². The maximum absolute atomic E-state index is 14.2. The molecule has 252 valence electrons. The van der Waals surface area contributed by atoms with E-state index in [4.69, 9.17) is 23.7 Å². The van der Waals surface area contributed by atoms with Crippen LogP contribution in [-0.2, 0) is 51.3 Å². The number of hydrogen-bond donors (Lipinski definition) is 2. The van der Waals surface area contributed by atoms with Crippen molar-refractivity contribution >= 4 is 23.9 Å². The highest BCUT2D eigenvalue weighted by Gasteiger charge is 2.52. The molecule has 2 aromatic carbocycles. The number of alkyl halides is 6. The molecule has 1 saturated heterocycles. The highest BCUT2D eigenvalue weighted by molar-refractivity contribution is 5.88. The monoisotopic (exact) mass is 664 g/mol.